The fraction of sp³-hybridized carbons (Fsp3) is 0.0714. The molecule has 0 aliphatic carbocycles. The number of hydrogen-bond acceptors (Lipinski definition) is 2. The standard InChI is InChI=1S/C14H10F2IN3/c1-20-7-18-12-5-4-11(13(16)14(12)20)19-10-3-2-8(17)6-9(10)15/h2-7,19H,1H3. The maximum atomic E-state index is 14.4. The maximum absolute atomic E-state index is 14.4. The first-order valence-corrected chi connectivity index (χ1v) is 6.96. The summed E-state index contributed by atoms with van der Waals surface area (Å²) in [5.41, 5.74) is 1.42. The lowest BCUT2D eigenvalue weighted by atomic mass is 10.2. The maximum Gasteiger partial charge on any atom is 0.172 e. The minimum atomic E-state index is -0.444. The highest BCUT2D eigenvalue weighted by Gasteiger charge is 2.12. The Balaban J connectivity index is 2.06. The quantitative estimate of drug-likeness (QED) is 0.671. The summed E-state index contributed by atoms with van der Waals surface area (Å²) >= 11 is 2.02. The second-order valence-corrected chi connectivity index (χ2v) is 5.65. The van der Waals surface area contributed by atoms with Crippen molar-refractivity contribution in [1.29, 1.82) is 0 Å². The number of rotatable bonds is 2. The van der Waals surface area contributed by atoms with Crippen molar-refractivity contribution in [3.63, 3.8) is 0 Å². The van der Waals surface area contributed by atoms with Crippen LogP contribution in [0, 0.1) is 15.2 Å². The molecule has 3 rings (SSSR count). The number of nitrogens with one attached hydrogen (secondary N) is 1. The summed E-state index contributed by atoms with van der Waals surface area (Å²) in [5.74, 6) is -0.859. The molecular formula is C14H10F2IN3. The first-order valence-electron chi connectivity index (χ1n) is 5.88. The van der Waals surface area contributed by atoms with Gasteiger partial charge in [0.1, 0.15) is 11.3 Å². The van der Waals surface area contributed by atoms with Gasteiger partial charge in [-0.25, -0.2) is 13.8 Å². The molecule has 1 aromatic heterocycles. The number of fused-ring (bicyclic) bond motifs is 1. The monoisotopic (exact) mass is 385 g/mol. The van der Waals surface area contributed by atoms with Crippen molar-refractivity contribution in [2.24, 2.45) is 7.05 Å². The molecule has 0 amide bonds. The Hall–Kier alpha value is -1.70. The van der Waals surface area contributed by atoms with Crippen molar-refractivity contribution in [3.05, 3.63) is 51.9 Å². The Bertz CT molecular complexity index is 798. The van der Waals surface area contributed by atoms with Crippen LogP contribution in [0.4, 0.5) is 20.2 Å². The second kappa shape index (κ2) is 5.01. The van der Waals surface area contributed by atoms with E-state index in [-0.39, 0.29) is 11.4 Å². The molecule has 0 fully saturated rings. The molecule has 0 bridgehead atoms. The van der Waals surface area contributed by atoms with Gasteiger partial charge in [-0.1, -0.05) is 0 Å². The molecule has 2 aromatic carbocycles. The number of nitrogens with zero attached hydrogens (tertiary/aromatic N) is 2. The first kappa shape index (κ1) is 13.3. The number of aryl methyl sites for hydroxylation is 1. The number of benzene rings is 2. The van der Waals surface area contributed by atoms with E-state index in [0.717, 1.165) is 3.57 Å². The largest absolute Gasteiger partial charge is 0.351 e. The van der Waals surface area contributed by atoms with Gasteiger partial charge in [0.05, 0.1) is 23.2 Å². The van der Waals surface area contributed by atoms with E-state index in [1.807, 2.05) is 22.6 Å². The third kappa shape index (κ3) is 2.24. The fourth-order valence-corrected chi connectivity index (χ4v) is 2.49. The molecule has 0 aliphatic heterocycles. The van der Waals surface area contributed by atoms with E-state index in [9.17, 15) is 8.78 Å². The predicted octanol–water partition coefficient (Wildman–Crippen LogP) is 4.20. The number of halogens is 3. The minimum Gasteiger partial charge on any atom is -0.351 e. The van der Waals surface area contributed by atoms with E-state index in [0.29, 0.717) is 11.0 Å². The van der Waals surface area contributed by atoms with Crippen LogP contribution in [0.1, 0.15) is 0 Å². The molecule has 1 N–H and O–H groups in total. The van der Waals surface area contributed by atoms with Gasteiger partial charge in [0.25, 0.3) is 0 Å². The van der Waals surface area contributed by atoms with E-state index in [4.69, 9.17) is 0 Å². The molecule has 6 heteroatoms. The van der Waals surface area contributed by atoms with Gasteiger partial charge in [0, 0.05) is 10.6 Å². The molecule has 20 heavy (non-hydrogen) atoms. The Kier molecular flexibility index (Phi) is 3.33. The highest BCUT2D eigenvalue weighted by Crippen LogP contribution is 2.27. The third-order valence-electron chi connectivity index (χ3n) is 3.02. The van der Waals surface area contributed by atoms with Crippen LogP contribution in [0.5, 0.6) is 0 Å². The summed E-state index contributed by atoms with van der Waals surface area (Å²) in [6.07, 6.45) is 1.54. The van der Waals surface area contributed by atoms with Crippen LogP contribution in [0.3, 0.4) is 0 Å². The van der Waals surface area contributed by atoms with Crippen molar-refractivity contribution >= 4 is 45.0 Å². The summed E-state index contributed by atoms with van der Waals surface area (Å²) in [7, 11) is 1.72. The lowest BCUT2D eigenvalue weighted by molar-refractivity contribution is 0.626. The normalized spacial score (nSPS) is 11.0. The summed E-state index contributed by atoms with van der Waals surface area (Å²) < 4.78 is 30.6. The van der Waals surface area contributed by atoms with Crippen molar-refractivity contribution in [2.75, 3.05) is 5.32 Å². The van der Waals surface area contributed by atoms with E-state index >= 15 is 0 Å². The summed E-state index contributed by atoms with van der Waals surface area (Å²) in [5, 5.41) is 2.78. The topological polar surface area (TPSA) is 29.9 Å². The van der Waals surface area contributed by atoms with Crippen molar-refractivity contribution in [2.45, 2.75) is 0 Å². The fourth-order valence-electron chi connectivity index (χ4n) is 2.03. The average molecular weight is 385 g/mol. The van der Waals surface area contributed by atoms with Gasteiger partial charge in [0.2, 0.25) is 0 Å². The predicted molar refractivity (Wildman–Crippen MR) is 83.1 cm³/mol. The van der Waals surface area contributed by atoms with Crippen LogP contribution < -0.4 is 5.32 Å². The van der Waals surface area contributed by atoms with E-state index < -0.39 is 11.6 Å². The molecule has 0 radical (unpaired) electrons. The lowest BCUT2D eigenvalue weighted by Crippen LogP contribution is -1.99. The van der Waals surface area contributed by atoms with Crippen molar-refractivity contribution in [3.8, 4) is 0 Å². The molecule has 0 unspecified atom stereocenters. The van der Waals surface area contributed by atoms with Gasteiger partial charge in [-0.05, 0) is 52.9 Å². The lowest BCUT2D eigenvalue weighted by Gasteiger charge is -2.10. The molecule has 0 atom stereocenters. The molecular weight excluding hydrogens is 375 g/mol. The van der Waals surface area contributed by atoms with Crippen LogP contribution in [-0.2, 0) is 7.05 Å². The molecule has 102 valence electrons. The zero-order valence-corrected chi connectivity index (χ0v) is 12.6. The molecule has 0 saturated heterocycles. The van der Waals surface area contributed by atoms with E-state index in [1.165, 1.54) is 6.07 Å². The Morgan fingerprint density at radius 3 is 2.65 bits per heavy atom. The smallest absolute Gasteiger partial charge is 0.172 e. The van der Waals surface area contributed by atoms with Crippen LogP contribution in [0.25, 0.3) is 11.0 Å². The van der Waals surface area contributed by atoms with Crippen LogP contribution in [0.2, 0.25) is 0 Å². The van der Waals surface area contributed by atoms with Gasteiger partial charge in [-0.15, -0.1) is 0 Å². The molecule has 0 spiro atoms. The minimum absolute atomic E-state index is 0.223. The van der Waals surface area contributed by atoms with Crippen LogP contribution in [0.15, 0.2) is 36.7 Å². The SMILES string of the molecule is Cn1cnc2ccc(Nc3ccc(I)cc3F)c(F)c21. The average Bonchev–Trinajstić information content (AvgIpc) is 2.78. The first-order chi connectivity index (χ1) is 9.56. The molecule has 1 heterocycles. The highest BCUT2D eigenvalue weighted by atomic mass is 127. The summed E-state index contributed by atoms with van der Waals surface area (Å²) in [6, 6.07) is 7.99. The number of imidazole rings is 1. The third-order valence-corrected chi connectivity index (χ3v) is 3.69. The molecule has 3 nitrogen and oxygen atoms in total. The summed E-state index contributed by atoms with van der Waals surface area (Å²) in [4.78, 5) is 4.08. The number of hydrogen-bond donors (Lipinski definition) is 1. The summed E-state index contributed by atoms with van der Waals surface area (Å²) in [6.45, 7) is 0. The highest BCUT2D eigenvalue weighted by molar-refractivity contribution is 14.1. The van der Waals surface area contributed by atoms with Crippen molar-refractivity contribution < 1.29 is 8.78 Å². The zero-order chi connectivity index (χ0) is 14.3. The van der Waals surface area contributed by atoms with Gasteiger partial charge in [-0.3, -0.25) is 0 Å². The van der Waals surface area contributed by atoms with E-state index in [1.54, 1.807) is 42.2 Å². The van der Waals surface area contributed by atoms with Gasteiger partial charge >= 0.3 is 0 Å². The molecule has 0 saturated carbocycles. The zero-order valence-electron chi connectivity index (χ0n) is 10.5. The Morgan fingerprint density at radius 2 is 1.90 bits per heavy atom. The van der Waals surface area contributed by atoms with Crippen LogP contribution >= 0.6 is 22.6 Å². The molecule has 0 aliphatic rings. The van der Waals surface area contributed by atoms with Gasteiger partial charge < -0.3 is 9.88 Å². The molecule has 3 aromatic rings. The second-order valence-electron chi connectivity index (χ2n) is 4.40. The van der Waals surface area contributed by atoms with Crippen LogP contribution in [-0.4, -0.2) is 9.55 Å². The Labute approximate surface area is 127 Å². The van der Waals surface area contributed by atoms with Crippen molar-refractivity contribution in [1.82, 2.24) is 9.55 Å². The Morgan fingerprint density at radius 1 is 1.15 bits per heavy atom. The van der Waals surface area contributed by atoms with Gasteiger partial charge in [-0.2, -0.15) is 0 Å². The van der Waals surface area contributed by atoms with Gasteiger partial charge in [0.15, 0.2) is 5.82 Å². The number of aromatic nitrogens is 2. The number of anilines is 2. The van der Waals surface area contributed by atoms with E-state index in [2.05, 4.69) is 10.3 Å².